The predicted molar refractivity (Wildman–Crippen MR) is 55.3 cm³/mol. The van der Waals surface area contributed by atoms with Crippen molar-refractivity contribution in [1.29, 1.82) is 0 Å². The summed E-state index contributed by atoms with van der Waals surface area (Å²) in [5.74, 6) is -0.681. The summed E-state index contributed by atoms with van der Waals surface area (Å²) < 4.78 is 6.06. The van der Waals surface area contributed by atoms with Gasteiger partial charge in [-0.1, -0.05) is 11.6 Å². The standard InChI is InChI=1S/C10H10ClNO3/c1-15-10(14)8-7(11)4-5-12(9(8)13)6-2-3-6/h4-6H,2-3H2,1H3. The van der Waals surface area contributed by atoms with Crippen LogP contribution in [-0.2, 0) is 4.74 Å². The summed E-state index contributed by atoms with van der Waals surface area (Å²) in [6.07, 6.45) is 3.57. The van der Waals surface area contributed by atoms with Gasteiger partial charge in [0.15, 0.2) is 0 Å². The van der Waals surface area contributed by atoms with Gasteiger partial charge in [-0.15, -0.1) is 0 Å². The summed E-state index contributed by atoms with van der Waals surface area (Å²) in [5, 5.41) is 0.142. The first-order chi connectivity index (χ1) is 7.15. The Balaban J connectivity index is 2.56. The first-order valence-electron chi connectivity index (χ1n) is 4.64. The molecule has 0 aromatic carbocycles. The van der Waals surface area contributed by atoms with Gasteiger partial charge in [-0.3, -0.25) is 4.79 Å². The molecule has 1 aliphatic carbocycles. The molecule has 1 heterocycles. The molecule has 0 saturated heterocycles. The van der Waals surface area contributed by atoms with Crippen LogP contribution in [0.4, 0.5) is 0 Å². The Morgan fingerprint density at radius 3 is 2.80 bits per heavy atom. The van der Waals surface area contributed by atoms with Gasteiger partial charge < -0.3 is 9.30 Å². The minimum atomic E-state index is -0.681. The molecule has 0 radical (unpaired) electrons. The van der Waals surface area contributed by atoms with Crippen LogP contribution in [0.3, 0.4) is 0 Å². The second kappa shape index (κ2) is 3.70. The zero-order chi connectivity index (χ0) is 11.0. The SMILES string of the molecule is COC(=O)c1c(Cl)ccn(C2CC2)c1=O. The second-order valence-corrected chi connectivity index (χ2v) is 3.88. The van der Waals surface area contributed by atoms with Gasteiger partial charge in [-0.25, -0.2) is 4.79 Å². The van der Waals surface area contributed by atoms with Crippen LogP contribution in [-0.4, -0.2) is 17.6 Å². The van der Waals surface area contributed by atoms with Gasteiger partial charge in [0.25, 0.3) is 5.56 Å². The van der Waals surface area contributed by atoms with E-state index < -0.39 is 5.97 Å². The summed E-state index contributed by atoms with van der Waals surface area (Å²) in [6, 6.07) is 1.77. The maximum Gasteiger partial charge on any atom is 0.345 e. The summed E-state index contributed by atoms with van der Waals surface area (Å²) in [4.78, 5) is 23.2. The van der Waals surface area contributed by atoms with E-state index >= 15 is 0 Å². The number of esters is 1. The number of hydrogen-bond acceptors (Lipinski definition) is 3. The maximum absolute atomic E-state index is 11.8. The highest BCUT2D eigenvalue weighted by Gasteiger charge is 2.27. The van der Waals surface area contributed by atoms with Crippen molar-refractivity contribution in [1.82, 2.24) is 4.57 Å². The molecule has 4 nitrogen and oxygen atoms in total. The van der Waals surface area contributed by atoms with E-state index in [2.05, 4.69) is 4.74 Å². The molecular formula is C10H10ClNO3. The predicted octanol–water partition coefficient (Wildman–Crippen LogP) is 1.62. The van der Waals surface area contributed by atoms with Crippen molar-refractivity contribution in [2.45, 2.75) is 18.9 Å². The largest absolute Gasteiger partial charge is 0.465 e. The number of carbonyl (C=O) groups excluding carboxylic acids is 1. The lowest BCUT2D eigenvalue weighted by Gasteiger charge is -2.06. The molecule has 80 valence electrons. The van der Waals surface area contributed by atoms with Crippen LogP contribution in [0.1, 0.15) is 29.2 Å². The molecule has 1 saturated carbocycles. The zero-order valence-corrected chi connectivity index (χ0v) is 8.95. The van der Waals surface area contributed by atoms with Gasteiger partial charge in [0, 0.05) is 12.2 Å². The monoisotopic (exact) mass is 227 g/mol. The first kappa shape index (κ1) is 10.2. The molecule has 0 bridgehead atoms. The van der Waals surface area contributed by atoms with Crippen LogP contribution in [0.5, 0.6) is 0 Å². The smallest absolute Gasteiger partial charge is 0.345 e. The molecule has 0 spiro atoms. The van der Waals surface area contributed by atoms with Crippen LogP contribution in [0, 0.1) is 0 Å². The molecule has 0 N–H and O–H groups in total. The number of halogens is 1. The Bertz CT molecular complexity index is 462. The molecule has 1 aromatic rings. The van der Waals surface area contributed by atoms with E-state index in [9.17, 15) is 9.59 Å². The van der Waals surface area contributed by atoms with Gasteiger partial charge >= 0.3 is 5.97 Å². The quantitative estimate of drug-likeness (QED) is 0.722. The highest BCUT2D eigenvalue weighted by Crippen LogP contribution is 2.33. The van der Waals surface area contributed by atoms with E-state index in [4.69, 9.17) is 11.6 Å². The minimum absolute atomic E-state index is 0.0754. The lowest BCUT2D eigenvalue weighted by atomic mass is 10.2. The molecular weight excluding hydrogens is 218 g/mol. The Morgan fingerprint density at radius 1 is 1.60 bits per heavy atom. The van der Waals surface area contributed by atoms with Crippen molar-refractivity contribution in [3.05, 3.63) is 33.2 Å². The molecule has 2 rings (SSSR count). The van der Waals surface area contributed by atoms with E-state index in [0.29, 0.717) is 0 Å². The fraction of sp³-hybridized carbons (Fsp3) is 0.400. The number of carbonyl (C=O) groups is 1. The number of nitrogens with zero attached hydrogens (tertiary/aromatic N) is 1. The van der Waals surface area contributed by atoms with Crippen molar-refractivity contribution in [2.24, 2.45) is 0 Å². The molecule has 5 heteroatoms. The van der Waals surface area contributed by atoms with Crippen LogP contribution in [0.25, 0.3) is 0 Å². The maximum atomic E-state index is 11.8. The van der Waals surface area contributed by atoms with E-state index in [-0.39, 0.29) is 22.2 Å². The Labute approximate surface area is 91.4 Å². The highest BCUT2D eigenvalue weighted by molar-refractivity contribution is 6.33. The van der Waals surface area contributed by atoms with Crippen LogP contribution >= 0.6 is 11.6 Å². The number of ether oxygens (including phenoxy) is 1. The van der Waals surface area contributed by atoms with Crippen LogP contribution in [0.2, 0.25) is 5.02 Å². The molecule has 0 amide bonds. The summed E-state index contributed by atoms with van der Waals surface area (Å²) >= 11 is 5.79. The van der Waals surface area contributed by atoms with Crippen molar-refractivity contribution in [3.63, 3.8) is 0 Å². The average Bonchev–Trinajstić information content (AvgIpc) is 3.01. The van der Waals surface area contributed by atoms with Crippen molar-refractivity contribution in [2.75, 3.05) is 7.11 Å². The zero-order valence-electron chi connectivity index (χ0n) is 8.20. The summed E-state index contributed by atoms with van der Waals surface area (Å²) in [6.45, 7) is 0. The number of aromatic nitrogens is 1. The third-order valence-corrected chi connectivity index (χ3v) is 2.71. The van der Waals surface area contributed by atoms with Crippen LogP contribution < -0.4 is 5.56 Å². The topological polar surface area (TPSA) is 48.3 Å². The van der Waals surface area contributed by atoms with Gasteiger partial charge in [0.1, 0.15) is 5.56 Å². The molecule has 1 aliphatic rings. The minimum Gasteiger partial charge on any atom is -0.465 e. The fourth-order valence-corrected chi connectivity index (χ4v) is 1.67. The molecule has 15 heavy (non-hydrogen) atoms. The lowest BCUT2D eigenvalue weighted by Crippen LogP contribution is -2.26. The number of pyridine rings is 1. The van der Waals surface area contributed by atoms with Crippen LogP contribution in [0.15, 0.2) is 17.1 Å². The molecule has 1 fully saturated rings. The molecule has 0 atom stereocenters. The van der Waals surface area contributed by atoms with E-state index in [1.807, 2.05) is 0 Å². The van der Waals surface area contributed by atoms with Crippen molar-refractivity contribution in [3.8, 4) is 0 Å². The van der Waals surface area contributed by atoms with Gasteiger partial charge in [-0.2, -0.15) is 0 Å². The van der Waals surface area contributed by atoms with Crippen molar-refractivity contribution < 1.29 is 9.53 Å². The fourth-order valence-electron chi connectivity index (χ4n) is 1.46. The van der Waals surface area contributed by atoms with E-state index in [0.717, 1.165) is 12.8 Å². The van der Waals surface area contributed by atoms with Gasteiger partial charge in [-0.05, 0) is 18.9 Å². The average molecular weight is 228 g/mol. The molecule has 0 aliphatic heterocycles. The van der Waals surface area contributed by atoms with Crippen molar-refractivity contribution >= 4 is 17.6 Å². The Morgan fingerprint density at radius 2 is 2.27 bits per heavy atom. The summed E-state index contributed by atoms with van der Waals surface area (Å²) in [5.41, 5.74) is -0.439. The highest BCUT2D eigenvalue weighted by atomic mass is 35.5. The number of methoxy groups -OCH3 is 1. The van der Waals surface area contributed by atoms with E-state index in [1.165, 1.54) is 11.7 Å². The van der Waals surface area contributed by atoms with E-state index in [1.54, 1.807) is 12.3 Å². The number of hydrogen-bond donors (Lipinski definition) is 0. The molecule has 1 aromatic heterocycles. The van der Waals surface area contributed by atoms with Gasteiger partial charge in [0.05, 0.1) is 12.1 Å². The van der Waals surface area contributed by atoms with Gasteiger partial charge in [0.2, 0.25) is 0 Å². The second-order valence-electron chi connectivity index (χ2n) is 3.47. The first-order valence-corrected chi connectivity index (χ1v) is 5.02. The third kappa shape index (κ3) is 1.77. The Hall–Kier alpha value is -1.29. The normalized spacial score (nSPS) is 15.1. The lowest BCUT2D eigenvalue weighted by molar-refractivity contribution is 0.0598. The molecule has 0 unspecified atom stereocenters. The third-order valence-electron chi connectivity index (χ3n) is 2.40. The number of rotatable bonds is 2. The summed E-state index contributed by atoms with van der Waals surface area (Å²) in [7, 11) is 1.23. The Kier molecular flexibility index (Phi) is 2.52.